The molecule has 0 fully saturated rings. The van der Waals surface area contributed by atoms with Crippen LogP contribution in [-0.2, 0) is 9.53 Å². The minimum Gasteiger partial charge on any atom is -0.475 e. The number of allylic oxidation sites excluding steroid dienone is 3. The van der Waals surface area contributed by atoms with Crippen molar-refractivity contribution < 1.29 is 14.3 Å². The van der Waals surface area contributed by atoms with E-state index in [1.165, 1.54) is 6.20 Å². The van der Waals surface area contributed by atoms with Crippen LogP contribution in [0.25, 0.3) is 0 Å². The molecule has 0 radical (unpaired) electrons. The fourth-order valence-electron chi connectivity index (χ4n) is 2.42. The Kier molecular flexibility index (Phi) is 7.71. The number of methoxy groups -OCH3 is 1. The number of aliphatic imine (C=N–C) groups is 1. The Morgan fingerprint density at radius 1 is 1.32 bits per heavy atom. The molecule has 2 heterocycles. The minimum absolute atomic E-state index is 0.273. The first-order valence-corrected chi connectivity index (χ1v) is 8.90. The van der Waals surface area contributed by atoms with Gasteiger partial charge in [-0.2, -0.15) is 0 Å². The molecular formula is C21H26N4O3. The highest BCUT2D eigenvalue weighted by Gasteiger charge is 2.18. The van der Waals surface area contributed by atoms with Gasteiger partial charge in [0.05, 0.1) is 18.5 Å². The van der Waals surface area contributed by atoms with Crippen molar-refractivity contribution in [3.63, 3.8) is 0 Å². The first kappa shape index (κ1) is 21.1. The van der Waals surface area contributed by atoms with Gasteiger partial charge < -0.3 is 19.7 Å². The normalized spacial score (nSPS) is 13.5. The van der Waals surface area contributed by atoms with E-state index < -0.39 is 0 Å². The molecule has 0 spiro atoms. The van der Waals surface area contributed by atoms with E-state index >= 15 is 0 Å². The van der Waals surface area contributed by atoms with Gasteiger partial charge >= 0.3 is 0 Å². The molecule has 0 aromatic carbocycles. The van der Waals surface area contributed by atoms with Gasteiger partial charge in [-0.1, -0.05) is 18.2 Å². The monoisotopic (exact) mass is 382 g/mol. The molecule has 0 atom stereocenters. The molecule has 1 aliphatic heterocycles. The number of pyridine rings is 1. The molecule has 0 aliphatic carbocycles. The molecule has 1 amide bonds. The Bertz CT molecular complexity index is 832. The van der Waals surface area contributed by atoms with Gasteiger partial charge in [0.2, 0.25) is 5.88 Å². The Labute approximate surface area is 165 Å². The quantitative estimate of drug-likeness (QED) is 0.549. The molecule has 0 unspecified atom stereocenters. The molecule has 2 rings (SSSR count). The van der Waals surface area contributed by atoms with Gasteiger partial charge in [0, 0.05) is 25.1 Å². The van der Waals surface area contributed by atoms with Crippen LogP contribution in [0.4, 0.5) is 5.69 Å². The second kappa shape index (κ2) is 10.2. The standard InChI is InChI=1S/C21H26N4O3/c1-6-7-19(15(2)3)25-11-10-18(23-16(25)4)21(26)24-17-8-9-20(22-14-17)28-13-12-27-5/h6-11,14H,4,12-13H2,1-3,5H3,(H,24,26)/b7-6-. The second-order valence-corrected chi connectivity index (χ2v) is 6.16. The lowest BCUT2D eigenvalue weighted by Crippen LogP contribution is -2.27. The number of hydrogen-bond acceptors (Lipinski definition) is 6. The van der Waals surface area contributed by atoms with Crippen LogP contribution < -0.4 is 10.1 Å². The van der Waals surface area contributed by atoms with E-state index in [1.807, 2.05) is 37.8 Å². The molecule has 1 aromatic heterocycles. The summed E-state index contributed by atoms with van der Waals surface area (Å²) in [6.07, 6.45) is 8.91. The highest BCUT2D eigenvalue weighted by molar-refractivity contribution is 6.47. The first-order valence-electron chi connectivity index (χ1n) is 8.90. The highest BCUT2D eigenvalue weighted by Crippen LogP contribution is 2.22. The summed E-state index contributed by atoms with van der Waals surface area (Å²) in [6.45, 7) is 10.8. The maximum atomic E-state index is 12.5. The van der Waals surface area contributed by atoms with Gasteiger partial charge in [-0.3, -0.25) is 4.79 Å². The van der Waals surface area contributed by atoms with Crippen molar-refractivity contribution in [1.82, 2.24) is 9.88 Å². The molecule has 7 nitrogen and oxygen atoms in total. The molecule has 1 aromatic rings. The first-order chi connectivity index (χ1) is 13.5. The third-order valence-electron chi connectivity index (χ3n) is 3.77. The van der Waals surface area contributed by atoms with E-state index in [0.717, 1.165) is 11.3 Å². The van der Waals surface area contributed by atoms with Crippen LogP contribution >= 0.6 is 0 Å². The van der Waals surface area contributed by atoms with Crippen LogP contribution in [0, 0.1) is 0 Å². The third-order valence-corrected chi connectivity index (χ3v) is 3.77. The maximum absolute atomic E-state index is 12.5. The zero-order chi connectivity index (χ0) is 20.5. The summed E-state index contributed by atoms with van der Waals surface area (Å²) in [5.41, 5.74) is 2.91. The van der Waals surface area contributed by atoms with Crippen molar-refractivity contribution in [2.45, 2.75) is 20.8 Å². The van der Waals surface area contributed by atoms with Gasteiger partial charge in [0.1, 0.15) is 18.1 Å². The van der Waals surface area contributed by atoms with E-state index in [-0.39, 0.29) is 11.6 Å². The van der Waals surface area contributed by atoms with E-state index in [0.29, 0.717) is 30.6 Å². The number of amides is 1. The van der Waals surface area contributed by atoms with E-state index in [1.54, 1.807) is 31.5 Å². The average molecular weight is 382 g/mol. The van der Waals surface area contributed by atoms with Crippen LogP contribution in [0.15, 0.2) is 71.4 Å². The summed E-state index contributed by atoms with van der Waals surface area (Å²) in [5.74, 6) is 0.603. The molecule has 1 N–H and O–H groups in total. The van der Waals surface area contributed by atoms with Gasteiger partial charge in [0.25, 0.3) is 5.91 Å². The van der Waals surface area contributed by atoms with Gasteiger partial charge in [0.15, 0.2) is 0 Å². The number of ether oxygens (including phenoxy) is 2. The van der Waals surface area contributed by atoms with Crippen molar-refractivity contribution in [2.24, 2.45) is 4.99 Å². The smallest absolute Gasteiger partial charge is 0.274 e. The fourth-order valence-corrected chi connectivity index (χ4v) is 2.42. The molecule has 148 valence electrons. The van der Waals surface area contributed by atoms with Crippen molar-refractivity contribution >= 4 is 17.3 Å². The molecule has 0 bridgehead atoms. The third kappa shape index (κ3) is 5.65. The molecule has 0 saturated heterocycles. The van der Waals surface area contributed by atoms with Crippen LogP contribution in [0.1, 0.15) is 20.8 Å². The summed E-state index contributed by atoms with van der Waals surface area (Å²) >= 11 is 0. The van der Waals surface area contributed by atoms with E-state index in [2.05, 4.69) is 21.9 Å². The molecule has 1 aliphatic rings. The Balaban J connectivity index is 2.02. The summed E-state index contributed by atoms with van der Waals surface area (Å²) < 4.78 is 10.3. The predicted octanol–water partition coefficient (Wildman–Crippen LogP) is 3.66. The van der Waals surface area contributed by atoms with E-state index in [9.17, 15) is 4.79 Å². The SMILES string of the molecule is C=C1N=C(C(=O)Nc2ccc(OCCOC)nc2)C=CN1C(/C=C\C)=C(C)C. The van der Waals surface area contributed by atoms with Crippen LogP contribution in [-0.4, -0.2) is 41.8 Å². The lowest BCUT2D eigenvalue weighted by molar-refractivity contribution is -0.110. The molecule has 28 heavy (non-hydrogen) atoms. The number of aromatic nitrogens is 1. The zero-order valence-corrected chi connectivity index (χ0v) is 16.7. The Morgan fingerprint density at radius 2 is 2.11 bits per heavy atom. The number of carbonyl (C=O) groups excluding carboxylic acids is 1. The number of carbonyl (C=O) groups is 1. The van der Waals surface area contributed by atoms with Crippen molar-refractivity contribution in [1.29, 1.82) is 0 Å². The second-order valence-electron chi connectivity index (χ2n) is 6.16. The number of nitrogens with zero attached hydrogens (tertiary/aromatic N) is 3. The van der Waals surface area contributed by atoms with Crippen LogP contribution in [0.3, 0.4) is 0 Å². The van der Waals surface area contributed by atoms with Gasteiger partial charge in [-0.25, -0.2) is 9.98 Å². The minimum atomic E-state index is -0.336. The Morgan fingerprint density at radius 3 is 2.68 bits per heavy atom. The lowest BCUT2D eigenvalue weighted by Gasteiger charge is -2.25. The zero-order valence-electron chi connectivity index (χ0n) is 16.7. The highest BCUT2D eigenvalue weighted by atomic mass is 16.5. The largest absolute Gasteiger partial charge is 0.475 e. The molecule has 7 heteroatoms. The summed E-state index contributed by atoms with van der Waals surface area (Å²) in [5, 5.41) is 2.77. The summed E-state index contributed by atoms with van der Waals surface area (Å²) in [7, 11) is 1.60. The fraction of sp³-hybridized carbons (Fsp3) is 0.286. The van der Waals surface area contributed by atoms with Crippen LogP contribution in [0.5, 0.6) is 5.88 Å². The number of rotatable bonds is 8. The van der Waals surface area contributed by atoms with Gasteiger partial charge in [-0.05, 0) is 39.0 Å². The topological polar surface area (TPSA) is 76.0 Å². The van der Waals surface area contributed by atoms with Crippen molar-refractivity contribution in [2.75, 3.05) is 25.6 Å². The van der Waals surface area contributed by atoms with Gasteiger partial charge in [-0.15, -0.1) is 0 Å². The van der Waals surface area contributed by atoms with E-state index in [4.69, 9.17) is 9.47 Å². The number of nitrogens with one attached hydrogen (secondary N) is 1. The summed E-state index contributed by atoms with van der Waals surface area (Å²) in [6, 6.07) is 3.40. The maximum Gasteiger partial charge on any atom is 0.274 e. The molecule has 0 saturated carbocycles. The van der Waals surface area contributed by atoms with Crippen molar-refractivity contribution in [3.8, 4) is 5.88 Å². The number of anilines is 1. The Hall–Kier alpha value is -3.19. The van der Waals surface area contributed by atoms with Crippen LogP contribution in [0.2, 0.25) is 0 Å². The van der Waals surface area contributed by atoms with Crippen molar-refractivity contribution in [3.05, 3.63) is 66.4 Å². The molecular weight excluding hydrogens is 356 g/mol. The predicted molar refractivity (Wildman–Crippen MR) is 111 cm³/mol. The number of hydrogen-bond donors (Lipinski definition) is 1. The lowest BCUT2D eigenvalue weighted by atomic mass is 10.2. The average Bonchev–Trinajstić information content (AvgIpc) is 2.67. The summed E-state index contributed by atoms with van der Waals surface area (Å²) in [4.78, 5) is 22.8.